The maximum atomic E-state index is 12.4. The van der Waals surface area contributed by atoms with E-state index in [9.17, 15) is 4.79 Å². The third-order valence-electron chi connectivity index (χ3n) is 4.34. The normalized spacial score (nSPS) is 18.6. The van der Waals surface area contributed by atoms with Gasteiger partial charge in [-0.2, -0.15) is 0 Å². The van der Waals surface area contributed by atoms with Crippen LogP contribution in [-0.4, -0.2) is 29.3 Å². The van der Waals surface area contributed by atoms with Crippen LogP contribution in [0.5, 0.6) is 0 Å². The summed E-state index contributed by atoms with van der Waals surface area (Å²) in [5.74, 6) is 0.445. The van der Waals surface area contributed by atoms with Crippen molar-refractivity contribution in [3.05, 3.63) is 0 Å². The predicted octanol–water partition coefficient (Wildman–Crippen LogP) is 4.18. The molecule has 2 heteroatoms. The molecule has 1 heterocycles. The Balaban J connectivity index is 2.41. The van der Waals surface area contributed by atoms with Crippen LogP contribution in [0.3, 0.4) is 0 Å². The lowest BCUT2D eigenvalue weighted by molar-refractivity contribution is -0.129. The minimum atomic E-state index is -0.240. The number of nitrogens with zero attached hydrogens (tertiary/aromatic N) is 1. The lowest BCUT2D eigenvalue weighted by atomic mass is 9.92. The Morgan fingerprint density at radius 1 is 1.00 bits per heavy atom. The topological polar surface area (TPSA) is 20.3 Å². The fourth-order valence-corrected chi connectivity index (χ4v) is 2.82. The molecule has 1 aliphatic rings. The van der Waals surface area contributed by atoms with Crippen molar-refractivity contribution >= 4 is 5.78 Å². The van der Waals surface area contributed by atoms with E-state index in [2.05, 4.69) is 25.7 Å². The fourth-order valence-electron chi connectivity index (χ4n) is 2.82. The molecule has 0 aromatic rings. The summed E-state index contributed by atoms with van der Waals surface area (Å²) in [7, 11) is 0. The third kappa shape index (κ3) is 4.72. The zero-order valence-corrected chi connectivity index (χ0v) is 12.6. The molecule has 2 nitrogen and oxygen atoms in total. The van der Waals surface area contributed by atoms with E-state index in [1.165, 1.54) is 44.9 Å². The molecule has 18 heavy (non-hydrogen) atoms. The van der Waals surface area contributed by atoms with Crippen molar-refractivity contribution in [2.75, 3.05) is 13.1 Å². The molecule has 0 unspecified atom stereocenters. The number of unbranched alkanes of at least 4 members (excludes halogenated alkanes) is 3. The number of rotatable bonds is 7. The highest BCUT2D eigenvalue weighted by Crippen LogP contribution is 2.23. The molecular weight excluding hydrogens is 222 g/mol. The second-order valence-electron chi connectivity index (χ2n) is 6.19. The number of carbonyl (C=O) groups excluding carboxylic acids is 1. The summed E-state index contributed by atoms with van der Waals surface area (Å²) in [4.78, 5) is 14.8. The van der Waals surface area contributed by atoms with Gasteiger partial charge in [0.2, 0.25) is 0 Å². The smallest absolute Gasteiger partial charge is 0.152 e. The molecular formula is C16H31NO. The monoisotopic (exact) mass is 253 g/mol. The second-order valence-corrected chi connectivity index (χ2v) is 6.19. The van der Waals surface area contributed by atoms with E-state index in [-0.39, 0.29) is 5.54 Å². The number of hydrogen-bond donors (Lipinski definition) is 0. The van der Waals surface area contributed by atoms with E-state index in [1.54, 1.807) is 0 Å². The van der Waals surface area contributed by atoms with Crippen molar-refractivity contribution in [2.24, 2.45) is 0 Å². The van der Waals surface area contributed by atoms with Crippen LogP contribution in [0.4, 0.5) is 0 Å². The van der Waals surface area contributed by atoms with Crippen molar-refractivity contribution in [3.63, 3.8) is 0 Å². The van der Waals surface area contributed by atoms with E-state index in [0.29, 0.717) is 5.78 Å². The van der Waals surface area contributed by atoms with Gasteiger partial charge in [0, 0.05) is 6.42 Å². The molecule has 0 atom stereocenters. The molecule has 0 amide bonds. The molecule has 1 saturated heterocycles. The highest BCUT2D eigenvalue weighted by Gasteiger charge is 2.33. The molecule has 0 spiro atoms. The van der Waals surface area contributed by atoms with Crippen LogP contribution in [0.25, 0.3) is 0 Å². The zero-order valence-electron chi connectivity index (χ0n) is 12.6. The van der Waals surface area contributed by atoms with Crippen LogP contribution < -0.4 is 0 Å². The quantitative estimate of drug-likeness (QED) is 0.634. The predicted molar refractivity (Wildman–Crippen MR) is 77.9 cm³/mol. The molecule has 0 aromatic heterocycles. The first kappa shape index (κ1) is 15.7. The maximum absolute atomic E-state index is 12.4. The van der Waals surface area contributed by atoms with Gasteiger partial charge in [-0.1, -0.05) is 39.0 Å². The first-order valence-corrected chi connectivity index (χ1v) is 7.87. The average molecular weight is 253 g/mol. The summed E-state index contributed by atoms with van der Waals surface area (Å²) >= 11 is 0. The minimum Gasteiger partial charge on any atom is -0.298 e. The molecule has 0 aliphatic carbocycles. The van der Waals surface area contributed by atoms with Gasteiger partial charge in [0.1, 0.15) is 0 Å². The summed E-state index contributed by atoms with van der Waals surface area (Å²) in [5, 5.41) is 0. The number of carbonyl (C=O) groups is 1. The lowest BCUT2D eigenvalue weighted by Crippen LogP contribution is -2.50. The first-order valence-electron chi connectivity index (χ1n) is 7.87. The number of likely N-dealkylation sites (tertiary alicyclic amines) is 1. The number of ketones is 1. The highest BCUT2D eigenvalue weighted by atomic mass is 16.1. The van der Waals surface area contributed by atoms with Crippen molar-refractivity contribution in [3.8, 4) is 0 Å². The Kier molecular flexibility index (Phi) is 6.91. The Morgan fingerprint density at radius 2 is 1.61 bits per heavy atom. The summed E-state index contributed by atoms with van der Waals surface area (Å²) in [6.45, 7) is 8.67. The largest absolute Gasteiger partial charge is 0.298 e. The van der Waals surface area contributed by atoms with Crippen LogP contribution >= 0.6 is 0 Å². The van der Waals surface area contributed by atoms with Gasteiger partial charge in [-0.05, 0) is 46.2 Å². The summed E-state index contributed by atoms with van der Waals surface area (Å²) < 4.78 is 0. The van der Waals surface area contributed by atoms with Crippen molar-refractivity contribution in [1.29, 1.82) is 0 Å². The van der Waals surface area contributed by atoms with Crippen LogP contribution in [-0.2, 0) is 4.79 Å². The van der Waals surface area contributed by atoms with E-state index in [1.807, 2.05) is 0 Å². The van der Waals surface area contributed by atoms with E-state index < -0.39 is 0 Å². The Morgan fingerprint density at radius 3 is 2.17 bits per heavy atom. The second kappa shape index (κ2) is 7.93. The van der Waals surface area contributed by atoms with Crippen molar-refractivity contribution in [2.45, 2.75) is 84.1 Å². The minimum absolute atomic E-state index is 0.240. The SMILES string of the molecule is CCCCCCC(=O)C(C)(C)N1CCCCCC1. The zero-order chi connectivity index (χ0) is 13.4. The number of hydrogen-bond acceptors (Lipinski definition) is 2. The van der Waals surface area contributed by atoms with E-state index in [0.717, 1.165) is 25.9 Å². The molecule has 1 rings (SSSR count). The van der Waals surface area contributed by atoms with Gasteiger partial charge in [-0.15, -0.1) is 0 Å². The Hall–Kier alpha value is -0.370. The summed E-state index contributed by atoms with van der Waals surface area (Å²) in [6, 6.07) is 0. The van der Waals surface area contributed by atoms with Gasteiger partial charge < -0.3 is 0 Å². The standard InChI is InChI=1S/C16H31NO/c1-4-5-6-9-12-15(18)16(2,3)17-13-10-7-8-11-14-17/h4-14H2,1-3H3. The molecule has 0 radical (unpaired) electrons. The van der Waals surface area contributed by atoms with Crippen LogP contribution in [0.2, 0.25) is 0 Å². The van der Waals surface area contributed by atoms with E-state index >= 15 is 0 Å². The third-order valence-corrected chi connectivity index (χ3v) is 4.34. The van der Waals surface area contributed by atoms with Gasteiger partial charge >= 0.3 is 0 Å². The average Bonchev–Trinajstić information content (AvgIpc) is 2.63. The van der Waals surface area contributed by atoms with Gasteiger partial charge in [-0.3, -0.25) is 9.69 Å². The molecule has 106 valence electrons. The maximum Gasteiger partial charge on any atom is 0.152 e. The Labute approximate surface area is 113 Å². The van der Waals surface area contributed by atoms with Crippen LogP contribution in [0, 0.1) is 0 Å². The lowest BCUT2D eigenvalue weighted by Gasteiger charge is -2.36. The Bertz CT molecular complexity index is 239. The van der Waals surface area contributed by atoms with Crippen molar-refractivity contribution < 1.29 is 4.79 Å². The highest BCUT2D eigenvalue weighted by molar-refractivity contribution is 5.87. The molecule has 0 aromatic carbocycles. The molecule has 0 N–H and O–H groups in total. The summed E-state index contributed by atoms with van der Waals surface area (Å²) in [6.07, 6.45) is 10.7. The van der Waals surface area contributed by atoms with E-state index in [4.69, 9.17) is 0 Å². The van der Waals surface area contributed by atoms with Crippen LogP contribution in [0.1, 0.15) is 78.6 Å². The van der Waals surface area contributed by atoms with Gasteiger partial charge in [0.15, 0.2) is 5.78 Å². The first-order chi connectivity index (χ1) is 8.59. The summed E-state index contributed by atoms with van der Waals surface area (Å²) in [5.41, 5.74) is -0.240. The molecule has 1 fully saturated rings. The van der Waals surface area contributed by atoms with Gasteiger partial charge in [-0.25, -0.2) is 0 Å². The van der Waals surface area contributed by atoms with Crippen molar-refractivity contribution in [1.82, 2.24) is 4.90 Å². The van der Waals surface area contributed by atoms with Gasteiger partial charge in [0.05, 0.1) is 5.54 Å². The fraction of sp³-hybridized carbons (Fsp3) is 0.938. The molecule has 0 saturated carbocycles. The molecule has 0 bridgehead atoms. The van der Waals surface area contributed by atoms with Gasteiger partial charge in [0.25, 0.3) is 0 Å². The molecule has 1 aliphatic heterocycles. The van der Waals surface area contributed by atoms with Crippen LogP contribution in [0.15, 0.2) is 0 Å². The number of Topliss-reactive ketones (excluding diaryl/α,β-unsaturated/α-hetero) is 1.